The fourth-order valence-electron chi connectivity index (χ4n) is 12.0. The maximum absolute atomic E-state index is 13.6. The SMILES string of the molecule is CC(=O)SCC(=O)c1ccc(NS(=O)(=O)c2cc3ccccc3[nH]2)cc1.CC(=O)SCC(=O)c1ccc(NS(=O)(=O)c2ccc(F)cc2F)cc1.CC(=O)SCC(=O)c1ccc(NS(=O)(=O)c2nccs2)cc1.CC(=O)SCC(=O)c1cccc(NS(=O)(=O)c2cc(C)cc(C)c2)c1.CC(=O)SCC(=O)c1cccc(NS(=O)(=O)c2ccc(C(F)(F)F)cc2)c1.CC(=O)SCC(=O)c1cccc(NS(=O)(=O)c2ccc(Cl)c(Cl)c2)c1. The summed E-state index contributed by atoms with van der Waals surface area (Å²) in [6, 6.07) is 58.6. The first-order valence-electron chi connectivity index (χ1n) is 42.7. The van der Waals surface area contributed by atoms with Crippen LogP contribution in [0.1, 0.15) is 120 Å². The van der Waals surface area contributed by atoms with Crippen LogP contribution in [0.25, 0.3) is 10.9 Å². The van der Waals surface area contributed by atoms with E-state index >= 15 is 0 Å². The van der Waals surface area contributed by atoms with Crippen LogP contribution >= 0.6 is 105 Å². The normalized spacial score (nSPS) is 11.3. The standard InChI is InChI=1S/C18H16N2O4S2.C18H19NO4S2.C17H14F3NO4S2.C16H13Cl2NO4S2.C16H13F2NO4S2.C13H12N2O4S3/c1-12(21)25-11-17(22)13-6-8-15(9-7-13)20-26(23,24)18-10-14-4-2-3-5-16(14)19-18;1-12-7-13(2)9-17(8-12)25(22,23)19-16-6-4-5-15(10-16)18(21)11-24-14(3)20;1-11(22)26-10-16(23)12-3-2-4-14(9-12)21-27(24,25)15-7-5-13(6-8-15)17(18,19)20;1-10(20)24-9-16(21)11-3-2-4-12(7-11)19-25(22,23)13-5-6-14(17)15(18)8-13;1-10(20)24-9-15(21)11-2-5-13(6-3-11)19-25(22,23)16-7-4-12(17)8-14(16)18;1-9(16)21-8-12(17)10-2-4-11(5-3-10)15-22(18,19)13-14-6-7-20-13/h2-10,19-20H,11H2,1H3;4-10,19H,11H2,1-3H3;2-9,21H,10H2,1H3;2*2-8,19H,9H2,1H3;2-7,15H,8H2,1H3. The maximum atomic E-state index is 13.6. The Morgan fingerprint density at radius 3 is 1.03 bits per heavy atom. The molecule has 0 bridgehead atoms. The molecule has 2 heterocycles. The van der Waals surface area contributed by atoms with Gasteiger partial charge in [-0.1, -0.05) is 154 Å². The molecule has 0 atom stereocenters. The van der Waals surface area contributed by atoms with E-state index in [1.165, 1.54) is 181 Å². The number of benzene rings is 11. The first-order valence-corrected chi connectivity index (χ1v) is 59.1. The van der Waals surface area contributed by atoms with E-state index in [4.69, 9.17) is 23.2 Å². The molecule has 790 valence electrons. The Labute approximate surface area is 899 Å². The molecule has 0 unspecified atom stereocenters. The van der Waals surface area contributed by atoms with Crippen LogP contribution in [-0.4, -0.2) is 160 Å². The molecule has 52 heteroatoms. The van der Waals surface area contributed by atoms with Crippen LogP contribution in [0.2, 0.25) is 10.0 Å². The lowest BCUT2D eigenvalue weighted by Gasteiger charge is -2.11. The van der Waals surface area contributed by atoms with E-state index in [1.807, 2.05) is 38.1 Å². The lowest BCUT2D eigenvalue weighted by atomic mass is 10.1. The lowest BCUT2D eigenvalue weighted by Crippen LogP contribution is -2.15. The van der Waals surface area contributed by atoms with Crippen LogP contribution in [0.5, 0.6) is 0 Å². The number of alkyl halides is 3. The summed E-state index contributed by atoms with van der Waals surface area (Å²) in [5.74, 6) is -3.52. The molecule has 0 saturated carbocycles. The van der Waals surface area contributed by atoms with Gasteiger partial charge < -0.3 is 4.98 Å². The summed E-state index contributed by atoms with van der Waals surface area (Å²) in [5.41, 5.74) is 4.91. The fraction of sp³-hybridized carbons (Fsp3) is 0.153. The third-order valence-corrected chi connectivity index (χ3v) is 34.0. The summed E-state index contributed by atoms with van der Waals surface area (Å²) in [6.07, 6.45) is -3.16. The van der Waals surface area contributed by atoms with Gasteiger partial charge in [0.25, 0.3) is 60.1 Å². The molecule has 2 aromatic heterocycles. The zero-order chi connectivity index (χ0) is 111. The minimum absolute atomic E-state index is 0.00166. The molecule has 32 nitrogen and oxygen atoms in total. The number of nitrogens with zero attached hydrogens (tertiary/aromatic N) is 1. The summed E-state index contributed by atoms with van der Waals surface area (Å²) >= 11 is 18.1. The first-order chi connectivity index (χ1) is 70.3. The molecule has 13 aromatic rings. The number of aromatic amines is 1. The highest BCUT2D eigenvalue weighted by Crippen LogP contribution is 2.34. The van der Waals surface area contributed by atoms with Crippen molar-refractivity contribution in [1.29, 1.82) is 0 Å². The molecule has 0 aliphatic heterocycles. The molecular weight excluding hydrogens is 2260 g/mol. The van der Waals surface area contributed by atoms with Crippen LogP contribution in [0, 0.1) is 25.5 Å². The Kier molecular flexibility index (Phi) is 45.8. The van der Waals surface area contributed by atoms with Crippen LogP contribution in [-0.2, 0) is 95.1 Å². The largest absolute Gasteiger partial charge is 0.416 e. The van der Waals surface area contributed by atoms with Crippen molar-refractivity contribution < 1.29 is 130 Å². The first kappa shape index (κ1) is 123. The maximum Gasteiger partial charge on any atom is 0.416 e. The predicted octanol–water partition coefficient (Wildman–Crippen LogP) is 20.9. The van der Waals surface area contributed by atoms with E-state index in [2.05, 4.69) is 38.3 Å². The average molecular weight is 2340 g/mol. The van der Waals surface area contributed by atoms with E-state index in [0.717, 1.165) is 128 Å². The van der Waals surface area contributed by atoms with Crippen molar-refractivity contribution in [3.63, 3.8) is 0 Å². The van der Waals surface area contributed by atoms with Gasteiger partial charge in [0.1, 0.15) is 16.5 Å². The van der Waals surface area contributed by atoms with E-state index < -0.39 is 88.4 Å². The zero-order valence-electron chi connectivity index (χ0n) is 79.3. The van der Waals surface area contributed by atoms with Gasteiger partial charge in [0.05, 0.1) is 64.8 Å². The number of aromatic nitrogens is 2. The van der Waals surface area contributed by atoms with Gasteiger partial charge >= 0.3 is 6.18 Å². The summed E-state index contributed by atoms with van der Waals surface area (Å²) in [7, 11) is -23.5. The Balaban J connectivity index is 0.000000219. The van der Waals surface area contributed by atoms with Gasteiger partial charge in [-0.2, -0.15) is 30.0 Å². The second-order valence-corrected chi connectivity index (χ2v) is 49.7. The van der Waals surface area contributed by atoms with Gasteiger partial charge in [-0.05, 0) is 213 Å². The van der Waals surface area contributed by atoms with Crippen LogP contribution in [0.4, 0.5) is 56.1 Å². The van der Waals surface area contributed by atoms with Gasteiger partial charge in [0.15, 0.2) is 70.4 Å². The van der Waals surface area contributed by atoms with Crippen molar-refractivity contribution in [3.05, 3.63) is 338 Å². The molecule has 0 amide bonds. The van der Waals surface area contributed by atoms with Crippen LogP contribution in [0.15, 0.2) is 295 Å². The van der Waals surface area contributed by atoms with Crippen molar-refractivity contribution in [3.8, 4) is 0 Å². The number of anilines is 6. The number of fused-ring (bicyclic) bond motifs is 1. The number of rotatable bonds is 36. The minimum atomic E-state index is -4.57. The number of sulfonamides is 6. The number of carbonyl (C=O) groups excluding carboxylic acids is 12. The topological polar surface area (TPSA) is 511 Å². The summed E-state index contributed by atoms with van der Waals surface area (Å²) in [6.45, 7) is 11.9. The van der Waals surface area contributed by atoms with E-state index in [1.54, 1.807) is 60.0 Å². The Morgan fingerprint density at radius 1 is 0.333 bits per heavy atom. The number of ketones is 6. The van der Waals surface area contributed by atoms with Gasteiger partial charge in [0.2, 0.25) is 4.34 Å². The molecule has 0 aliphatic rings. The Morgan fingerprint density at radius 2 is 0.680 bits per heavy atom. The second kappa shape index (κ2) is 56.0. The van der Waals surface area contributed by atoms with Gasteiger partial charge in [-0.3, -0.25) is 85.9 Å². The number of hydrogen-bond donors (Lipinski definition) is 7. The summed E-state index contributed by atoms with van der Waals surface area (Å²) < 4.78 is 226. The number of carbonyl (C=O) groups is 12. The number of nitrogens with one attached hydrogen (secondary N) is 7. The Hall–Kier alpha value is -12.5. The summed E-state index contributed by atoms with van der Waals surface area (Å²) in [5, 5.41) is 1.86. The smallest absolute Gasteiger partial charge is 0.344 e. The number of thioether (sulfide) groups is 6. The number of Topliss-reactive ketones (excluding diaryl/α,β-unsaturated/α-hetero) is 6. The molecule has 0 saturated heterocycles. The number of para-hydroxylation sites is 1. The van der Waals surface area contributed by atoms with Crippen molar-refractivity contribution in [2.75, 3.05) is 62.8 Å². The number of hydrogen-bond acceptors (Lipinski definition) is 32. The third-order valence-electron chi connectivity index (χ3n) is 18.9. The molecule has 150 heavy (non-hydrogen) atoms. The van der Waals surface area contributed by atoms with Gasteiger partial charge in [-0.25, -0.2) is 47.4 Å². The quantitative estimate of drug-likeness (QED) is 0.0142. The fourth-order valence-corrected chi connectivity index (χ4v) is 22.8. The molecule has 7 N–H and O–H groups in total. The number of halogens is 7. The molecule has 11 aromatic carbocycles. The highest BCUT2D eigenvalue weighted by Gasteiger charge is 2.32. The molecule has 0 fully saturated rings. The minimum Gasteiger partial charge on any atom is -0.344 e. The number of H-pyrrole nitrogens is 1. The highest BCUT2D eigenvalue weighted by molar-refractivity contribution is 8.15. The average Bonchev–Trinajstić information content (AvgIpc) is 1.66. The molecule has 0 spiro atoms. The van der Waals surface area contributed by atoms with Gasteiger partial charge in [-0.15, -0.1) is 11.3 Å². The lowest BCUT2D eigenvalue weighted by molar-refractivity contribution is -0.137. The van der Waals surface area contributed by atoms with E-state index in [-0.39, 0.29) is 157 Å². The highest BCUT2D eigenvalue weighted by atomic mass is 35.5. The van der Waals surface area contributed by atoms with Crippen molar-refractivity contribution >= 4 is 276 Å². The Bertz CT molecular complexity index is 7910. The molecular formula is C98H87Cl2F5N8O24S13. The molecule has 0 radical (unpaired) electrons. The predicted molar refractivity (Wildman–Crippen MR) is 579 cm³/mol. The van der Waals surface area contributed by atoms with E-state index in [9.17, 15) is 130 Å². The summed E-state index contributed by atoms with van der Waals surface area (Å²) in [4.78, 5) is 143. The zero-order valence-corrected chi connectivity index (χ0v) is 91.5. The van der Waals surface area contributed by atoms with Crippen molar-refractivity contribution in [2.45, 2.75) is 90.5 Å². The molecule has 0 aliphatic carbocycles. The van der Waals surface area contributed by atoms with Crippen LogP contribution < -0.4 is 28.3 Å². The van der Waals surface area contributed by atoms with Crippen LogP contribution in [0.3, 0.4) is 0 Å². The van der Waals surface area contributed by atoms with Crippen molar-refractivity contribution in [2.24, 2.45) is 0 Å². The van der Waals surface area contributed by atoms with E-state index in [0.29, 0.717) is 63.1 Å². The third kappa shape index (κ3) is 40.0. The monoisotopic (exact) mass is 2340 g/mol. The van der Waals surface area contributed by atoms with Crippen molar-refractivity contribution in [1.82, 2.24) is 9.97 Å². The second-order valence-electron chi connectivity index (χ2n) is 30.8. The van der Waals surface area contributed by atoms with Gasteiger partial charge in [0, 0.05) is 138 Å². The number of aryl methyl sites for hydroxylation is 2. The molecule has 13 rings (SSSR count). The number of thiazole rings is 1.